The van der Waals surface area contributed by atoms with Crippen LogP contribution in [0.5, 0.6) is 6.01 Å². The second-order valence-corrected chi connectivity index (χ2v) is 16.0. The average molecular weight is 703 g/mol. The molecule has 2 bridgehead atoms. The monoisotopic (exact) mass is 702 g/mol. The highest BCUT2D eigenvalue weighted by molar-refractivity contribution is 5.92. The lowest BCUT2D eigenvalue weighted by molar-refractivity contribution is -0.161. The van der Waals surface area contributed by atoms with Crippen LogP contribution in [0.25, 0.3) is 22.2 Å². The van der Waals surface area contributed by atoms with Crippen molar-refractivity contribution in [3.05, 3.63) is 41.8 Å². The van der Waals surface area contributed by atoms with Crippen LogP contribution in [0.1, 0.15) is 84.1 Å². The van der Waals surface area contributed by atoms with Gasteiger partial charge in [-0.25, -0.2) is 9.18 Å². The normalized spacial score (nSPS) is 24.7. The predicted molar refractivity (Wildman–Crippen MR) is 191 cm³/mol. The first kappa shape index (κ1) is 34.5. The number of benzene rings is 1. The minimum atomic E-state index is -0.577. The third-order valence-corrected chi connectivity index (χ3v) is 11.4. The summed E-state index contributed by atoms with van der Waals surface area (Å²) in [7, 11) is 0. The van der Waals surface area contributed by atoms with Gasteiger partial charge in [-0.3, -0.25) is 14.8 Å². The molecule has 0 N–H and O–H groups in total. The number of hydrogen-bond donors (Lipinski definition) is 0. The zero-order valence-electron chi connectivity index (χ0n) is 30.2. The Bertz CT molecular complexity index is 1720. The third kappa shape index (κ3) is 6.99. The summed E-state index contributed by atoms with van der Waals surface area (Å²) >= 11 is 0. The van der Waals surface area contributed by atoms with Gasteiger partial charge in [0.1, 0.15) is 29.2 Å². The van der Waals surface area contributed by atoms with Crippen LogP contribution in [0.15, 0.2) is 30.5 Å². The SMILES string of the molecule is CC(C)(C)OC(=O)N1[C@@H]2CC[C@@H]1CN(c1nc(OCC34CCCN3CCC4)nc3c(F)c(-c4ccccc4CCOC4CCCCO4)ncc13)C2. The van der Waals surface area contributed by atoms with Crippen LogP contribution in [0.3, 0.4) is 0 Å². The van der Waals surface area contributed by atoms with Crippen molar-refractivity contribution in [3.8, 4) is 17.3 Å². The van der Waals surface area contributed by atoms with E-state index in [1.807, 2.05) is 49.9 Å². The molecule has 0 spiro atoms. The van der Waals surface area contributed by atoms with Gasteiger partial charge in [-0.05, 0) is 104 Å². The number of rotatable bonds is 9. The van der Waals surface area contributed by atoms with Gasteiger partial charge in [0.25, 0.3) is 0 Å². The molecule has 8 rings (SSSR count). The summed E-state index contributed by atoms with van der Waals surface area (Å²) < 4.78 is 41.0. The van der Waals surface area contributed by atoms with E-state index in [4.69, 9.17) is 33.9 Å². The van der Waals surface area contributed by atoms with Gasteiger partial charge in [0, 0.05) is 31.5 Å². The number of hydrogen-bond acceptors (Lipinski definition) is 10. The Kier molecular flexibility index (Phi) is 9.52. The molecule has 5 aliphatic rings. The molecule has 1 amide bonds. The molecular formula is C39H51FN6O5. The topological polar surface area (TPSA) is 102 Å². The molecule has 5 saturated heterocycles. The standard InChI is InChI=1S/C39H51FN6O5/c1-38(2,3)51-37(47)46-27-13-14-28(46)24-44(23-27)35-30-22-41-33(29-11-5-4-10-26(29)15-21-49-31-12-6-7-20-48-31)32(40)34(30)42-36(43-35)50-25-39-16-8-18-45(39)19-9-17-39/h4-5,10-11,22,27-28,31H,6-9,12-21,23-25H2,1-3H3/t27-,28-,31?/m1/s1. The Morgan fingerprint density at radius 1 is 1.02 bits per heavy atom. The number of carbonyl (C=O) groups excluding carboxylic acids is 1. The maximum atomic E-state index is 17.0. The number of anilines is 1. The van der Waals surface area contributed by atoms with E-state index >= 15 is 4.39 Å². The smallest absolute Gasteiger partial charge is 0.410 e. The quantitative estimate of drug-likeness (QED) is 0.245. The highest BCUT2D eigenvalue weighted by atomic mass is 19.1. The summed E-state index contributed by atoms with van der Waals surface area (Å²) in [6.45, 7) is 10.6. The van der Waals surface area contributed by atoms with Crippen LogP contribution in [0.4, 0.5) is 15.0 Å². The number of amides is 1. The summed E-state index contributed by atoms with van der Waals surface area (Å²) in [5.41, 5.74) is 1.50. The molecule has 11 nitrogen and oxygen atoms in total. The van der Waals surface area contributed by atoms with Crippen molar-refractivity contribution in [1.29, 1.82) is 0 Å². The Morgan fingerprint density at radius 3 is 2.51 bits per heavy atom. The summed E-state index contributed by atoms with van der Waals surface area (Å²) in [4.78, 5) is 34.3. The van der Waals surface area contributed by atoms with Crippen molar-refractivity contribution in [2.24, 2.45) is 0 Å². The Balaban J connectivity index is 1.11. The van der Waals surface area contributed by atoms with Gasteiger partial charge >= 0.3 is 12.1 Å². The van der Waals surface area contributed by atoms with Crippen molar-refractivity contribution in [1.82, 2.24) is 24.8 Å². The molecule has 2 aromatic heterocycles. The summed E-state index contributed by atoms with van der Waals surface area (Å²) in [5, 5.41) is 0.533. The van der Waals surface area contributed by atoms with E-state index in [2.05, 4.69) is 9.80 Å². The van der Waals surface area contributed by atoms with Crippen molar-refractivity contribution in [2.45, 2.75) is 114 Å². The number of pyridine rings is 1. The summed E-state index contributed by atoms with van der Waals surface area (Å²) in [6, 6.07) is 7.87. The molecule has 274 valence electrons. The zero-order valence-corrected chi connectivity index (χ0v) is 30.2. The van der Waals surface area contributed by atoms with E-state index in [9.17, 15) is 4.79 Å². The Morgan fingerprint density at radius 2 is 1.78 bits per heavy atom. The van der Waals surface area contributed by atoms with Crippen molar-refractivity contribution >= 4 is 22.8 Å². The summed E-state index contributed by atoms with van der Waals surface area (Å²) in [5.74, 6) is 0.0944. The molecule has 5 aliphatic heterocycles. The van der Waals surface area contributed by atoms with Crippen LogP contribution in [-0.4, -0.2) is 106 Å². The van der Waals surface area contributed by atoms with Crippen molar-refractivity contribution in [3.63, 3.8) is 0 Å². The van der Waals surface area contributed by atoms with Crippen LogP contribution in [0.2, 0.25) is 0 Å². The second kappa shape index (κ2) is 14.1. The molecule has 5 fully saturated rings. The molecule has 12 heteroatoms. The first-order chi connectivity index (χ1) is 24.7. The van der Waals surface area contributed by atoms with Gasteiger partial charge in [-0.2, -0.15) is 9.97 Å². The first-order valence-corrected chi connectivity index (χ1v) is 19.0. The highest BCUT2D eigenvalue weighted by Gasteiger charge is 2.46. The molecule has 1 unspecified atom stereocenters. The molecule has 0 radical (unpaired) electrons. The fraction of sp³-hybridized carbons (Fsp3) is 0.641. The predicted octanol–water partition coefficient (Wildman–Crippen LogP) is 6.51. The number of carbonyl (C=O) groups is 1. The van der Waals surface area contributed by atoms with Crippen LogP contribution in [0, 0.1) is 5.82 Å². The van der Waals surface area contributed by atoms with E-state index in [-0.39, 0.29) is 47.2 Å². The molecule has 1 aromatic carbocycles. The van der Waals surface area contributed by atoms with Crippen LogP contribution < -0.4 is 9.64 Å². The highest BCUT2D eigenvalue weighted by Crippen LogP contribution is 2.41. The van der Waals surface area contributed by atoms with Crippen LogP contribution in [-0.2, 0) is 20.6 Å². The van der Waals surface area contributed by atoms with Gasteiger partial charge < -0.3 is 23.8 Å². The van der Waals surface area contributed by atoms with E-state index in [0.29, 0.717) is 49.5 Å². The van der Waals surface area contributed by atoms with E-state index in [0.717, 1.165) is 83.0 Å². The lowest BCUT2D eigenvalue weighted by Gasteiger charge is -2.42. The van der Waals surface area contributed by atoms with E-state index < -0.39 is 11.4 Å². The van der Waals surface area contributed by atoms with Crippen molar-refractivity contribution < 1.29 is 28.1 Å². The van der Waals surface area contributed by atoms with Gasteiger partial charge in [-0.15, -0.1) is 0 Å². The fourth-order valence-corrected chi connectivity index (χ4v) is 8.98. The van der Waals surface area contributed by atoms with Gasteiger partial charge in [0.2, 0.25) is 0 Å². The maximum Gasteiger partial charge on any atom is 0.410 e. The van der Waals surface area contributed by atoms with E-state index in [1.54, 1.807) is 6.20 Å². The Labute approximate surface area is 299 Å². The molecule has 0 saturated carbocycles. The Hall–Kier alpha value is -3.61. The number of ether oxygens (including phenoxy) is 4. The second-order valence-electron chi connectivity index (χ2n) is 16.0. The zero-order chi connectivity index (χ0) is 35.2. The van der Waals surface area contributed by atoms with Gasteiger partial charge in [0.05, 0.1) is 29.6 Å². The number of nitrogens with zero attached hydrogens (tertiary/aromatic N) is 6. The molecule has 3 aromatic rings. The third-order valence-electron chi connectivity index (χ3n) is 11.4. The first-order valence-electron chi connectivity index (χ1n) is 19.0. The number of aromatic nitrogens is 3. The molecule has 7 heterocycles. The maximum absolute atomic E-state index is 17.0. The molecule has 51 heavy (non-hydrogen) atoms. The number of fused-ring (bicyclic) bond motifs is 4. The lowest BCUT2D eigenvalue weighted by atomic mass is 9.95. The van der Waals surface area contributed by atoms with E-state index in [1.165, 1.54) is 0 Å². The molecular weight excluding hydrogens is 651 g/mol. The van der Waals surface area contributed by atoms with Crippen LogP contribution >= 0.6 is 0 Å². The largest absolute Gasteiger partial charge is 0.461 e. The molecule has 3 atom stereocenters. The average Bonchev–Trinajstić information content (AvgIpc) is 3.78. The van der Waals surface area contributed by atoms with Gasteiger partial charge in [-0.1, -0.05) is 24.3 Å². The summed E-state index contributed by atoms with van der Waals surface area (Å²) in [6.07, 6.45) is 11.1. The minimum absolute atomic E-state index is 0.0117. The van der Waals surface area contributed by atoms with Crippen molar-refractivity contribution in [2.75, 3.05) is 50.9 Å². The lowest BCUT2D eigenvalue weighted by Crippen LogP contribution is -2.57. The number of piperazine rings is 1. The minimum Gasteiger partial charge on any atom is -0.461 e. The van der Waals surface area contributed by atoms with Gasteiger partial charge in [0.15, 0.2) is 12.1 Å². The molecule has 0 aliphatic carbocycles. The number of halogens is 1. The fourth-order valence-electron chi connectivity index (χ4n) is 8.98.